The number of H-pyrrole nitrogens is 1. The molecule has 3 heterocycles. The van der Waals surface area contributed by atoms with E-state index in [-0.39, 0.29) is 16.6 Å². The number of aliphatic hydroxyl groups is 3. The minimum atomic E-state index is -1.27. The molecule has 4 N–H and O–H groups in total. The highest BCUT2D eigenvalue weighted by atomic mass is 16.6. The van der Waals surface area contributed by atoms with Gasteiger partial charge in [0.1, 0.15) is 29.5 Å². The van der Waals surface area contributed by atoms with Crippen molar-refractivity contribution in [2.45, 2.75) is 31.5 Å². The van der Waals surface area contributed by atoms with Crippen molar-refractivity contribution in [1.29, 1.82) is 0 Å². The van der Waals surface area contributed by atoms with Crippen LogP contribution < -0.4 is 5.56 Å². The molecule has 0 saturated carbocycles. The van der Waals surface area contributed by atoms with E-state index in [2.05, 4.69) is 15.1 Å². The molecule has 2 aromatic heterocycles. The lowest BCUT2D eigenvalue weighted by molar-refractivity contribution is -0.0566. The Hall–Kier alpha value is -1.81. The van der Waals surface area contributed by atoms with Gasteiger partial charge in [0.15, 0.2) is 11.9 Å². The Morgan fingerprint density at radius 3 is 2.85 bits per heavy atom. The number of aromatic nitrogens is 4. The van der Waals surface area contributed by atoms with E-state index < -0.39 is 31.1 Å². The molecule has 0 aromatic carbocycles. The lowest BCUT2D eigenvalue weighted by atomic mass is 10.1. The summed E-state index contributed by atoms with van der Waals surface area (Å²) in [4.78, 5) is 18.5. The first-order valence-corrected chi connectivity index (χ1v) is 6.09. The summed E-state index contributed by atoms with van der Waals surface area (Å²) in [6.45, 7) is 1.19. The molecule has 1 unspecified atom stereocenters. The lowest BCUT2D eigenvalue weighted by Gasteiger charge is -2.15. The van der Waals surface area contributed by atoms with Crippen molar-refractivity contribution in [2.75, 3.05) is 6.61 Å². The van der Waals surface area contributed by atoms with E-state index in [1.807, 2.05) is 0 Å². The summed E-state index contributed by atoms with van der Waals surface area (Å²) in [5.74, 6) is 0.399. The normalized spacial score (nSPS) is 30.2. The number of rotatable bonds is 2. The van der Waals surface area contributed by atoms with E-state index in [1.54, 1.807) is 6.92 Å². The minimum absolute atomic E-state index is 0.251. The molecular weight excluding hydrogens is 268 g/mol. The first kappa shape index (κ1) is 13.2. The predicted octanol–water partition coefficient (Wildman–Crippen LogP) is -1.96. The van der Waals surface area contributed by atoms with Crippen LogP contribution >= 0.6 is 0 Å². The van der Waals surface area contributed by atoms with Gasteiger partial charge in [-0.15, -0.1) is 0 Å². The van der Waals surface area contributed by atoms with Gasteiger partial charge in [-0.2, -0.15) is 5.10 Å². The molecule has 0 aliphatic carbocycles. The van der Waals surface area contributed by atoms with Crippen LogP contribution in [-0.4, -0.2) is 60.0 Å². The Bertz CT molecular complexity index is 696. The second-order valence-electron chi connectivity index (χ2n) is 4.71. The summed E-state index contributed by atoms with van der Waals surface area (Å²) in [6.07, 6.45) is -3.09. The third-order valence-corrected chi connectivity index (χ3v) is 3.34. The zero-order chi connectivity index (χ0) is 14.4. The van der Waals surface area contributed by atoms with Gasteiger partial charge in [-0.1, -0.05) is 0 Å². The van der Waals surface area contributed by atoms with Crippen LogP contribution in [0.15, 0.2) is 11.0 Å². The molecule has 1 fully saturated rings. The van der Waals surface area contributed by atoms with Crippen LogP contribution in [0.4, 0.5) is 0 Å². The summed E-state index contributed by atoms with van der Waals surface area (Å²) >= 11 is 0. The highest BCUT2D eigenvalue weighted by Crippen LogP contribution is 2.30. The molecule has 3 rings (SSSR count). The number of aromatic amines is 1. The van der Waals surface area contributed by atoms with Crippen LogP contribution in [0.1, 0.15) is 12.1 Å². The second kappa shape index (κ2) is 4.63. The van der Waals surface area contributed by atoms with Crippen molar-refractivity contribution in [2.24, 2.45) is 0 Å². The Morgan fingerprint density at radius 1 is 1.45 bits per heavy atom. The van der Waals surface area contributed by atoms with E-state index in [4.69, 9.17) is 9.84 Å². The molecular formula is C11H14N4O5. The van der Waals surface area contributed by atoms with Gasteiger partial charge in [0.25, 0.3) is 5.56 Å². The third kappa shape index (κ3) is 1.83. The Labute approximate surface area is 112 Å². The molecule has 9 nitrogen and oxygen atoms in total. The topological polar surface area (TPSA) is 133 Å². The van der Waals surface area contributed by atoms with Gasteiger partial charge in [-0.05, 0) is 6.92 Å². The van der Waals surface area contributed by atoms with Crippen molar-refractivity contribution in [3.8, 4) is 0 Å². The summed E-state index contributed by atoms with van der Waals surface area (Å²) < 4.78 is 6.60. The van der Waals surface area contributed by atoms with E-state index in [1.165, 1.54) is 10.9 Å². The van der Waals surface area contributed by atoms with Crippen LogP contribution in [-0.2, 0) is 4.74 Å². The van der Waals surface area contributed by atoms with Crippen LogP contribution in [0.2, 0.25) is 0 Å². The number of nitrogens with zero attached hydrogens (tertiary/aromatic N) is 3. The first-order chi connectivity index (χ1) is 9.52. The van der Waals surface area contributed by atoms with Crippen LogP contribution in [0.5, 0.6) is 0 Å². The average Bonchev–Trinajstić information content (AvgIpc) is 2.93. The number of hydrogen-bond acceptors (Lipinski definition) is 7. The highest BCUT2D eigenvalue weighted by Gasteiger charge is 2.44. The summed E-state index contributed by atoms with van der Waals surface area (Å²) in [5.41, 5.74) is -0.0911. The molecule has 1 aliphatic heterocycles. The van der Waals surface area contributed by atoms with Gasteiger partial charge in [-0.3, -0.25) is 4.79 Å². The molecule has 0 radical (unpaired) electrons. The third-order valence-electron chi connectivity index (χ3n) is 3.34. The largest absolute Gasteiger partial charge is 0.394 e. The average molecular weight is 282 g/mol. The maximum atomic E-state index is 11.8. The molecule has 108 valence electrons. The summed E-state index contributed by atoms with van der Waals surface area (Å²) in [7, 11) is 0. The van der Waals surface area contributed by atoms with E-state index in [9.17, 15) is 15.0 Å². The van der Waals surface area contributed by atoms with E-state index in [0.29, 0.717) is 5.82 Å². The van der Waals surface area contributed by atoms with Crippen LogP contribution in [0.3, 0.4) is 0 Å². The quantitative estimate of drug-likeness (QED) is 0.502. The van der Waals surface area contributed by atoms with Gasteiger partial charge in [0.05, 0.1) is 12.8 Å². The first-order valence-electron chi connectivity index (χ1n) is 6.09. The molecule has 4 atom stereocenters. The smallest absolute Gasteiger partial charge is 0.262 e. The minimum Gasteiger partial charge on any atom is -0.394 e. The number of nitrogens with one attached hydrogen (secondary N) is 1. The van der Waals surface area contributed by atoms with Crippen molar-refractivity contribution in [3.63, 3.8) is 0 Å². The van der Waals surface area contributed by atoms with Crippen LogP contribution in [0, 0.1) is 6.92 Å². The molecule has 2 aromatic rings. The van der Waals surface area contributed by atoms with E-state index >= 15 is 0 Å². The zero-order valence-electron chi connectivity index (χ0n) is 10.6. The maximum Gasteiger partial charge on any atom is 0.262 e. The second-order valence-corrected chi connectivity index (χ2v) is 4.71. The fourth-order valence-corrected chi connectivity index (χ4v) is 2.31. The molecule has 0 amide bonds. The summed E-state index contributed by atoms with van der Waals surface area (Å²) in [5, 5.41) is 33.0. The predicted molar refractivity (Wildman–Crippen MR) is 65.9 cm³/mol. The van der Waals surface area contributed by atoms with E-state index in [0.717, 1.165) is 0 Å². The standard InChI is InChI=1S/C11H14N4O5/c1-4-13-9-5(10(19)14-4)2-12-15(9)11-8(18)7(17)6(3-16)20-11/h2,6-8,11,16-18H,3H2,1H3,(H,13,14,19)/t6-,7-,8-,11?/m1/s1. The van der Waals surface area contributed by atoms with Crippen molar-refractivity contribution < 1.29 is 20.1 Å². The zero-order valence-corrected chi connectivity index (χ0v) is 10.6. The van der Waals surface area contributed by atoms with Crippen molar-refractivity contribution in [1.82, 2.24) is 19.7 Å². The SMILES string of the molecule is Cc1nc2c(cnn2C2O[C@H](CO)[C@@H](O)[C@H]2O)c(=O)[nH]1. The summed E-state index contributed by atoms with van der Waals surface area (Å²) in [6, 6.07) is 0. The fraction of sp³-hybridized carbons (Fsp3) is 0.545. The van der Waals surface area contributed by atoms with Gasteiger partial charge < -0.3 is 25.0 Å². The van der Waals surface area contributed by atoms with Crippen molar-refractivity contribution in [3.05, 3.63) is 22.4 Å². The molecule has 1 aliphatic rings. The molecule has 9 heteroatoms. The number of aliphatic hydroxyl groups excluding tert-OH is 3. The lowest BCUT2D eigenvalue weighted by Crippen LogP contribution is -2.33. The number of aryl methyl sites for hydroxylation is 1. The number of hydrogen-bond donors (Lipinski definition) is 4. The highest BCUT2D eigenvalue weighted by molar-refractivity contribution is 5.73. The molecule has 1 saturated heterocycles. The molecule has 0 spiro atoms. The monoisotopic (exact) mass is 282 g/mol. The van der Waals surface area contributed by atoms with Gasteiger partial charge in [-0.25, -0.2) is 9.67 Å². The Kier molecular flexibility index (Phi) is 3.05. The Balaban J connectivity index is 2.09. The van der Waals surface area contributed by atoms with Gasteiger partial charge >= 0.3 is 0 Å². The molecule has 0 bridgehead atoms. The van der Waals surface area contributed by atoms with Gasteiger partial charge in [0.2, 0.25) is 0 Å². The van der Waals surface area contributed by atoms with Gasteiger partial charge in [0, 0.05) is 0 Å². The van der Waals surface area contributed by atoms with Crippen molar-refractivity contribution >= 4 is 11.0 Å². The molecule has 20 heavy (non-hydrogen) atoms. The number of fused-ring (bicyclic) bond motifs is 1. The Morgan fingerprint density at radius 2 is 2.20 bits per heavy atom. The number of ether oxygens (including phenoxy) is 1. The maximum absolute atomic E-state index is 11.8. The van der Waals surface area contributed by atoms with Crippen LogP contribution in [0.25, 0.3) is 11.0 Å². The fourth-order valence-electron chi connectivity index (χ4n) is 2.31.